The van der Waals surface area contributed by atoms with Gasteiger partial charge >= 0.3 is 0 Å². The van der Waals surface area contributed by atoms with Crippen LogP contribution in [0.4, 0.5) is 0 Å². The Morgan fingerprint density at radius 1 is 1.32 bits per heavy atom. The second-order valence-corrected chi connectivity index (χ2v) is 7.50. The smallest absolute Gasteiger partial charge is 0.0252 e. The summed E-state index contributed by atoms with van der Waals surface area (Å²) in [5, 5.41) is 3.69. The van der Waals surface area contributed by atoms with Crippen molar-refractivity contribution in [3.63, 3.8) is 0 Å². The van der Waals surface area contributed by atoms with E-state index >= 15 is 0 Å². The molecule has 0 spiro atoms. The van der Waals surface area contributed by atoms with Crippen molar-refractivity contribution < 1.29 is 0 Å². The summed E-state index contributed by atoms with van der Waals surface area (Å²) in [6, 6.07) is 1.45. The predicted octanol–water partition coefficient (Wildman–Crippen LogP) is 2.18. The van der Waals surface area contributed by atoms with Crippen molar-refractivity contribution in [3.8, 4) is 0 Å². The highest BCUT2D eigenvalue weighted by Crippen LogP contribution is 2.24. The van der Waals surface area contributed by atoms with Crippen LogP contribution in [0, 0.1) is 5.92 Å². The molecule has 3 nitrogen and oxygen atoms in total. The number of likely N-dealkylation sites (tertiary alicyclic amines) is 1. The molecule has 2 unspecified atom stereocenters. The van der Waals surface area contributed by atoms with E-state index in [-0.39, 0.29) is 5.54 Å². The Hall–Kier alpha value is -0.120. The maximum absolute atomic E-state index is 3.69. The van der Waals surface area contributed by atoms with Crippen LogP contribution in [0.2, 0.25) is 0 Å². The summed E-state index contributed by atoms with van der Waals surface area (Å²) in [6.07, 6.45) is 2.66. The van der Waals surface area contributed by atoms with Crippen molar-refractivity contribution in [1.29, 1.82) is 0 Å². The molecule has 0 radical (unpaired) electrons. The highest BCUT2D eigenvalue weighted by Gasteiger charge is 2.34. The second kappa shape index (κ2) is 6.11. The summed E-state index contributed by atoms with van der Waals surface area (Å²) in [5.74, 6) is 0.880. The molecule has 2 aliphatic rings. The Bertz CT molecular complexity index is 288. The van der Waals surface area contributed by atoms with Crippen LogP contribution >= 0.6 is 0 Å². The lowest BCUT2D eigenvalue weighted by molar-refractivity contribution is 0.0770. The fourth-order valence-electron chi connectivity index (χ4n) is 3.64. The lowest BCUT2D eigenvalue weighted by atomic mass is 9.95. The topological polar surface area (TPSA) is 18.5 Å². The maximum Gasteiger partial charge on any atom is 0.0252 e. The highest BCUT2D eigenvalue weighted by molar-refractivity contribution is 4.93. The third-order valence-electron chi connectivity index (χ3n) is 4.94. The first-order valence-electron chi connectivity index (χ1n) is 8.14. The number of rotatable bonds is 4. The second-order valence-electron chi connectivity index (χ2n) is 7.50. The zero-order valence-corrected chi connectivity index (χ0v) is 13.6. The van der Waals surface area contributed by atoms with Gasteiger partial charge in [0.1, 0.15) is 0 Å². The van der Waals surface area contributed by atoms with E-state index in [0.29, 0.717) is 6.04 Å². The van der Waals surface area contributed by atoms with Crippen molar-refractivity contribution in [1.82, 2.24) is 15.1 Å². The molecule has 0 bridgehead atoms. The van der Waals surface area contributed by atoms with Crippen LogP contribution in [-0.4, -0.2) is 60.1 Å². The third-order valence-corrected chi connectivity index (χ3v) is 4.94. The number of hydrogen-bond acceptors (Lipinski definition) is 3. The van der Waals surface area contributed by atoms with Gasteiger partial charge in [-0.3, -0.25) is 4.90 Å². The molecule has 0 aromatic carbocycles. The van der Waals surface area contributed by atoms with Gasteiger partial charge in [-0.2, -0.15) is 0 Å². The van der Waals surface area contributed by atoms with Crippen molar-refractivity contribution in [2.75, 3.05) is 32.7 Å². The minimum Gasteiger partial charge on any atom is -0.309 e. The van der Waals surface area contributed by atoms with Crippen molar-refractivity contribution in [3.05, 3.63) is 0 Å². The van der Waals surface area contributed by atoms with Gasteiger partial charge in [-0.25, -0.2) is 0 Å². The van der Waals surface area contributed by atoms with E-state index in [9.17, 15) is 0 Å². The number of hydrogen-bond donors (Lipinski definition) is 1. The van der Waals surface area contributed by atoms with Crippen LogP contribution in [0.1, 0.15) is 47.5 Å². The molecule has 0 saturated carbocycles. The molecule has 2 fully saturated rings. The molecule has 2 rings (SSSR count). The zero-order chi connectivity index (χ0) is 14.0. The van der Waals surface area contributed by atoms with Gasteiger partial charge in [-0.15, -0.1) is 0 Å². The lowest BCUT2D eigenvalue weighted by Crippen LogP contribution is -2.62. The highest BCUT2D eigenvalue weighted by atomic mass is 15.3. The van der Waals surface area contributed by atoms with Crippen LogP contribution in [0.15, 0.2) is 0 Å². The van der Waals surface area contributed by atoms with Crippen molar-refractivity contribution in [2.45, 2.75) is 65.1 Å². The third kappa shape index (κ3) is 3.93. The summed E-state index contributed by atoms with van der Waals surface area (Å²) in [6.45, 7) is 17.9. The predicted molar refractivity (Wildman–Crippen MR) is 82.5 cm³/mol. The number of nitrogens with zero attached hydrogens (tertiary/aromatic N) is 2. The Morgan fingerprint density at radius 2 is 2.05 bits per heavy atom. The van der Waals surface area contributed by atoms with Gasteiger partial charge in [0.05, 0.1) is 0 Å². The van der Waals surface area contributed by atoms with E-state index < -0.39 is 0 Å². The van der Waals surface area contributed by atoms with E-state index in [1.807, 2.05) is 0 Å². The van der Waals surface area contributed by atoms with E-state index in [1.54, 1.807) is 0 Å². The van der Waals surface area contributed by atoms with Gasteiger partial charge in [0.15, 0.2) is 0 Å². The largest absolute Gasteiger partial charge is 0.309 e. The van der Waals surface area contributed by atoms with Gasteiger partial charge in [-0.1, -0.05) is 6.92 Å². The van der Waals surface area contributed by atoms with Crippen LogP contribution in [0.5, 0.6) is 0 Å². The fourth-order valence-corrected chi connectivity index (χ4v) is 3.64. The minimum atomic E-state index is 0.280. The van der Waals surface area contributed by atoms with E-state index in [0.717, 1.165) is 18.5 Å². The molecule has 1 N–H and O–H groups in total. The molecule has 3 heteroatoms. The first-order chi connectivity index (χ1) is 8.91. The summed E-state index contributed by atoms with van der Waals surface area (Å²) >= 11 is 0. The fraction of sp³-hybridized carbons (Fsp3) is 1.00. The van der Waals surface area contributed by atoms with Crippen molar-refractivity contribution >= 4 is 0 Å². The molecule has 2 heterocycles. The van der Waals surface area contributed by atoms with Gasteiger partial charge in [-0.05, 0) is 53.0 Å². The SMILES string of the molecule is CCC1CNC(C)(C)CN1CC1CCN(C(C)C)C1. The summed E-state index contributed by atoms with van der Waals surface area (Å²) in [7, 11) is 0. The molecular weight excluding hydrogens is 234 g/mol. The minimum absolute atomic E-state index is 0.280. The van der Waals surface area contributed by atoms with Gasteiger partial charge in [0.2, 0.25) is 0 Å². The average Bonchev–Trinajstić information content (AvgIpc) is 2.77. The van der Waals surface area contributed by atoms with Crippen LogP contribution in [0.25, 0.3) is 0 Å². The molecule has 0 aromatic heterocycles. The van der Waals surface area contributed by atoms with Crippen molar-refractivity contribution in [2.24, 2.45) is 5.92 Å². The van der Waals surface area contributed by atoms with Gasteiger partial charge < -0.3 is 10.2 Å². The molecule has 2 aliphatic heterocycles. The first-order valence-corrected chi connectivity index (χ1v) is 8.14. The average molecular weight is 267 g/mol. The number of piperazine rings is 1. The molecule has 0 aromatic rings. The molecule has 2 atom stereocenters. The van der Waals surface area contributed by atoms with Crippen LogP contribution in [-0.2, 0) is 0 Å². The standard InChI is InChI=1S/C16H33N3/c1-6-15-9-17-16(4,5)12-19(15)11-14-7-8-18(10-14)13(2)3/h13-15,17H,6-12H2,1-5H3. The van der Waals surface area contributed by atoms with Crippen LogP contribution in [0.3, 0.4) is 0 Å². The zero-order valence-electron chi connectivity index (χ0n) is 13.6. The lowest BCUT2D eigenvalue weighted by Gasteiger charge is -2.45. The van der Waals surface area contributed by atoms with Gasteiger partial charge in [0, 0.05) is 43.8 Å². The Balaban J connectivity index is 1.89. The number of nitrogens with one attached hydrogen (secondary N) is 1. The molecule has 0 amide bonds. The summed E-state index contributed by atoms with van der Waals surface area (Å²) in [5.41, 5.74) is 0.280. The quantitative estimate of drug-likeness (QED) is 0.842. The molecule has 19 heavy (non-hydrogen) atoms. The molecule has 112 valence electrons. The Morgan fingerprint density at radius 3 is 2.63 bits per heavy atom. The Labute approximate surface area is 119 Å². The first kappa shape index (κ1) is 15.3. The molecule has 0 aliphatic carbocycles. The van der Waals surface area contributed by atoms with E-state index in [1.165, 1.54) is 39.0 Å². The van der Waals surface area contributed by atoms with E-state index in [4.69, 9.17) is 0 Å². The summed E-state index contributed by atoms with van der Waals surface area (Å²) < 4.78 is 0. The molecular formula is C16H33N3. The van der Waals surface area contributed by atoms with Gasteiger partial charge in [0.25, 0.3) is 0 Å². The Kier molecular flexibility index (Phi) is 4.91. The normalized spacial score (nSPS) is 33.2. The maximum atomic E-state index is 3.69. The van der Waals surface area contributed by atoms with E-state index in [2.05, 4.69) is 49.7 Å². The monoisotopic (exact) mass is 267 g/mol. The van der Waals surface area contributed by atoms with Crippen LogP contribution < -0.4 is 5.32 Å². The summed E-state index contributed by atoms with van der Waals surface area (Å²) in [4.78, 5) is 5.39. The molecule has 2 saturated heterocycles.